The zero-order valence-electron chi connectivity index (χ0n) is 8.05. The van der Waals surface area contributed by atoms with E-state index < -0.39 is 11.5 Å². The van der Waals surface area contributed by atoms with E-state index in [-0.39, 0.29) is 5.25 Å². The Morgan fingerprint density at radius 2 is 2.60 bits per heavy atom. The van der Waals surface area contributed by atoms with Crippen molar-refractivity contribution in [2.75, 3.05) is 0 Å². The SMILES string of the molecule is NC1(C(=O)O)CCC(Sc2ncco2)C1. The van der Waals surface area contributed by atoms with E-state index in [0.717, 1.165) is 6.42 Å². The summed E-state index contributed by atoms with van der Waals surface area (Å²) < 4.78 is 5.09. The maximum absolute atomic E-state index is 10.9. The summed E-state index contributed by atoms with van der Waals surface area (Å²) in [5.41, 5.74) is 4.69. The molecule has 82 valence electrons. The van der Waals surface area contributed by atoms with Crippen LogP contribution in [0.1, 0.15) is 19.3 Å². The summed E-state index contributed by atoms with van der Waals surface area (Å²) in [6, 6.07) is 0. The zero-order chi connectivity index (χ0) is 10.9. The Hall–Kier alpha value is -1.01. The number of nitrogens with zero attached hydrogens (tertiary/aromatic N) is 1. The molecule has 6 heteroatoms. The molecular formula is C9H12N2O3S. The summed E-state index contributed by atoms with van der Waals surface area (Å²) in [4.78, 5) is 14.9. The number of hydrogen-bond acceptors (Lipinski definition) is 5. The maximum atomic E-state index is 10.9. The molecule has 0 spiro atoms. The highest BCUT2D eigenvalue weighted by molar-refractivity contribution is 7.99. The minimum absolute atomic E-state index is 0.185. The van der Waals surface area contributed by atoms with E-state index in [1.165, 1.54) is 18.0 Å². The lowest BCUT2D eigenvalue weighted by Gasteiger charge is -2.17. The van der Waals surface area contributed by atoms with E-state index in [4.69, 9.17) is 15.3 Å². The second kappa shape index (κ2) is 3.86. The predicted molar refractivity (Wildman–Crippen MR) is 54.6 cm³/mol. The monoisotopic (exact) mass is 228 g/mol. The van der Waals surface area contributed by atoms with Crippen LogP contribution in [-0.2, 0) is 4.79 Å². The van der Waals surface area contributed by atoms with Gasteiger partial charge in [-0.15, -0.1) is 0 Å². The molecule has 1 aromatic rings. The maximum Gasteiger partial charge on any atom is 0.323 e. The van der Waals surface area contributed by atoms with Crippen molar-refractivity contribution in [2.45, 2.75) is 35.3 Å². The summed E-state index contributed by atoms with van der Waals surface area (Å²) >= 11 is 1.46. The average Bonchev–Trinajstić information content (AvgIpc) is 2.77. The molecule has 0 radical (unpaired) electrons. The molecule has 1 aliphatic carbocycles. The normalized spacial score (nSPS) is 30.6. The Kier molecular flexibility index (Phi) is 2.70. The first-order chi connectivity index (χ1) is 7.10. The van der Waals surface area contributed by atoms with Gasteiger partial charge in [-0.1, -0.05) is 11.8 Å². The quantitative estimate of drug-likeness (QED) is 0.805. The third-order valence-corrected chi connectivity index (χ3v) is 3.75. The Bertz CT molecular complexity index is 354. The van der Waals surface area contributed by atoms with Crippen LogP contribution in [0.25, 0.3) is 0 Å². The van der Waals surface area contributed by atoms with Crippen molar-refractivity contribution in [3.8, 4) is 0 Å². The van der Waals surface area contributed by atoms with E-state index in [1.807, 2.05) is 0 Å². The molecule has 1 aromatic heterocycles. The minimum atomic E-state index is -1.07. The Morgan fingerprint density at radius 1 is 1.80 bits per heavy atom. The molecule has 0 bridgehead atoms. The third kappa shape index (κ3) is 2.15. The number of carboxylic acids is 1. The molecule has 1 saturated carbocycles. The lowest BCUT2D eigenvalue weighted by molar-refractivity contribution is -0.143. The number of hydrogen-bond donors (Lipinski definition) is 2. The Morgan fingerprint density at radius 3 is 3.13 bits per heavy atom. The van der Waals surface area contributed by atoms with Crippen molar-refractivity contribution in [3.63, 3.8) is 0 Å². The fourth-order valence-electron chi connectivity index (χ4n) is 1.73. The summed E-state index contributed by atoms with van der Waals surface area (Å²) in [6.07, 6.45) is 4.85. The fourth-order valence-corrected chi connectivity index (χ4v) is 2.87. The van der Waals surface area contributed by atoms with Crippen molar-refractivity contribution in [1.29, 1.82) is 0 Å². The van der Waals surface area contributed by atoms with Crippen LogP contribution in [0, 0.1) is 0 Å². The Balaban J connectivity index is 1.96. The largest absolute Gasteiger partial charge is 0.480 e. The van der Waals surface area contributed by atoms with Crippen LogP contribution in [-0.4, -0.2) is 26.8 Å². The molecule has 15 heavy (non-hydrogen) atoms. The van der Waals surface area contributed by atoms with Gasteiger partial charge in [-0.05, 0) is 19.3 Å². The molecular weight excluding hydrogens is 216 g/mol. The van der Waals surface area contributed by atoms with Crippen LogP contribution >= 0.6 is 11.8 Å². The molecule has 3 N–H and O–H groups in total. The summed E-state index contributed by atoms with van der Waals surface area (Å²) in [5, 5.41) is 9.71. The molecule has 2 rings (SSSR count). The van der Waals surface area contributed by atoms with Gasteiger partial charge in [-0.25, -0.2) is 4.98 Å². The highest BCUT2D eigenvalue weighted by Crippen LogP contribution is 2.38. The van der Waals surface area contributed by atoms with Crippen LogP contribution in [0.5, 0.6) is 0 Å². The van der Waals surface area contributed by atoms with Crippen molar-refractivity contribution in [2.24, 2.45) is 5.73 Å². The minimum Gasteiger partial charge on any atom is -0.480 e. The Labute approximate surface area is 91.0 Å². The lowest BCUT2D eigenvalue weighted by Crippen LogP contribution is -2.45. The van der Waals surface area contributed by atoms with Crippen molar-refractivity contribution in [3.05, 3.63) is 12.5 Å². The summed E-state index contributed by atoms with van der Waals surface area (Å²) in [5.74, 6) is -0.919. The topological polar surface area (TPSA) is 89.4 Å². The summed E-state index contributed by atoms with van der Waals surface area (Å²) in [7, 11) is 0. The second-order valence-electron chi connectivity index (χ2n) is 3.74. The van der Waals surface area contributed by atoms with Crippen LogP contribution in [0.4, 0.5) is 0 Å². The van der Waals surface area contributed by atoms with Crippen molar-refractivity contribution >= 4 is 17.7 Å². The van der Waals surface area contributed by atoms with Gasteiger partial charge in [0.15, 0.2) is 0 Å². The highest BCUT2D eigenvalue weighted by atomic mass is 32.2. The first-order valence-electron chi connectivity index (χ1n) is 4.68. The van der Waals surface area contributed by atoms with Gasteiger partial charge in [0.05, 0.1) is 6.20 Å². The third-order valence-electron chi connectivity index (χ3n) is 2.61. The fraction of sp³-hybridized carbons (Fsp3) is 0.556. The van der Waals surface area contributed by atoms with Gasteiger partial charge >= 0.3 is 5.97 Å². The molecule has 1 aliphatic rings. The standard InChI is InChI=1S/C9H12N2O3S/c10-9(7(12)13)2-1-6(5-9)15-8-11-3-4-14-8/h3-4,6H,1-2,5,10H2,(H,12,13). The molecule has 1 fully saturated rings. The number of carboxylic acid groups (broad SMARTS) is 1. The molecule has 1 heterocycles. The molecule has 0 aromatic carbocycles. The molecule has 0 amide bonds. The zero-order valence-corrected chi connectivity index (χ0v) is 8.87. The van der Waals surface area contributed by atoms with E-state index in [1.54, 1.807) is 6.20 Å². The van der Waals surface area contributed by atoms with Gasteiger partial charge in [-0.2, -0.15) is 0 Å². The van der Waals surface area contributed by atoms with Crippen LogP contribution < -0.4 is 5.73 Å². The first-order valence-corrected chi connectivity index (χ1v) is 5.56. The van der Waals surface area contributed by atoms with Gasteiger partial charge in [0.2, 0.25) is 0 Å². The van der Waals surface area contributed by atoms with E-state index in [2.05, 4.69) is 4.98 Å². The van der Waals surface area contributed by atoms with Gasteiger partial charge in [0, 0.05) is 5.25 Å². The van der Waals surface area contributed by atoms with Gasteiger partial charge in [-0.3, -0.25) is 4.79 Å². The van der Waals surface area contributed by atoms with Crippen LogP contribution in [0.3, 0.4) is 0 Å². The lowest BCUT2D eigenvalue weighted by atomic mass is 10.0. The summed E-state index contributed by atoms with van der Waals surface area (Å²) in [6.45, 7) is 0. The second-order valence-corrected chi connectivity index (χ2v) is 4.99. The number of oxazole rings is 1. The van der Waals surface area contributed by atoms with Gasteiger partial charge < -0.3 is 15.3 Å². The predicted octanol–water partition coefficient (Wildman–Crippen LogP) is 1.10. The number of nitrogens with two attached hydrogens (primary N) is 1. The van der Waals surface area contributed by atoms with E-state index in [0.29, 0.717) is 18.1 Å². The van der Waals surface area contributed by atoms with Crippen molar-refractivity contribution < 1.29 is 14.3 Å². The van der Waals surface area contributed by atoms with E-state index >= 15 is 0 Å². The molecule has 5 nitrogen and oxygen atoms in total. The molecule has 2 atom stereocenters. The van der Waals surface area contributed by atoms with Gasteiger partial charge in [0.25, 0.3) is 5.22 Å². The number of thioether (sulfide) groups is 1. The van der Waals surface area contributed by atoms with Crippen LogP contribution in [0.15, 0.2) is 22.1 Å². The highest BCUT2D eigenvalue weighted by Gasteiger charge is 2.42. The molecule has 0 aliphatic heterocycles. The number of aromatic nitrogens is 1. The smallest absolute Gasteiger partial charge is 0.323 e. The number of carbonyl (C=O) groups is 1. The number of aliphatic carboxylic acids is 1. The molecule has 0 saturated heterocycles. The van der Waals surface area contributed by atoms with E-state index in [9.17, 15) is 4.79 Å². The van der Waals surface area contributed by atoms with Crippen LogP contribution in [0.2, 0.25) is 0 Å². The molecule has 2 unspecified atom stereocenters. The number of rotatable bonds is 3. The average molecular weight is 228 g/mol. The van der Waals surface area contributed by atoms with Crippen molar-refractivity contribution in [1.82, 2.24) is 4.98 Å². The van der Waals surface area contributed by atoms with Gasteiger partial charge in [0.1, 0.15) is 11.8 Å². The first kappa shape index (κ1) is 10.5.